The largest absolute Gasteiger partial charge is 0.490 e. The molecule has 0 radical (unpaired) electrons. The second-order valence-corrected chi connectivity index (χ2v) is 10.4. The van der Waals surface area contributed by atoms with Crippen LogP contribution in [0.3, 0.4) is 0 Å². The average molecular weight is 547 g/mol. The minimum Gasteiger partial charge on any atom is -0.490 e. The highest BCUT2D eigenvalue weighted by molar-refractivity contribution is 9.10. The van der Waals surface area contributed by atoms with Crippen LogP contribution in [0.4, 0.5) is 5.95 Å². The minimum atomic E-state index is -0.509. The van der Waals surface area contributed by atoms with E-state index >= 15 is 0 Å². The number of hydrogen-bond acceptors (Lipinski definition) is 7. The third kappa shape index (κ3) is 5.82. The Kier molecular flexibility index (Phi) is 8.36. The van der Waals surface area contributed by atoms with Gasteiger partial charge in [0, 0.05) is 5.70 Å². The third-order valence-corrected chi connectivity index (χ3v) is 7.02. The van der Waals surface area contributed by atoms with Crippen LogP contribution in [0.5, 0.6) is 11.5 Å². The van der Waals surface area contributed by atoms with Crippen LogP contribution < -0.4 is 14.8 Å². The number of benzene rings is 1. The lowest BCUT2D eigenvalue weighted by Gasteiger charge is -2.30. The maximum atomic E-state index is 13.5. The smallest absolute Gasteiger partial charge is 0.338 e. The van der Waals surface area contributed by atoms with E-state index in [1.165, 1.54) is 12.7 Å². The first-order chi connectivity index (χ1) is 16.9. The van der Waals surface area contributed by atoms with Crippen molar-refractivity contribution in [2.75, 3.05) is 18.5 Å². The summed E-state index contributed by atoms with van der Waals surface area (Å²) in [4.78, 5) is 17.8. The molecule has 35 heavy (non-hydrogen) atoms. The van der Waals surface area contributed by atoms with Gasteiger partial charge in [0.05, 0.1) is 23.3 Å². The first-order valence-electron chi connectivity index (χ1n) is 12.6. The number of aromatic nitrogens is 3. The fourth-order valence-corrected chi connectivity index (χ4v) is 5.18. The maximum absolute atomic E-state index is 13.5. The summed E-state index contributed by atoms with van der Waals surface area (Å²) < 4.78 is 20.5. The van der Waals surface area contributed by atoms with E-state index in [0.29, 0.717) is 47.8 Å². The van der Waals surface area contributed by atoms with Crippen LogP contribution in [0.2, 0.25) is 0 Å². The van der Waals surface area contributed by atoms with Crippen LogP contribution >= 0.6 is 15.9 Å². The highest BCUT2D eigenvalue weighted by Crippen LogP contribution is 2.43. The molecule has 1 aromatic carbocycles. The van der Waals surface area contributed by atoms with E-state index in [0.717, 1.165) is 42.1 Å². The Morgan fingerprint density at radius 1 is 1.23 bits per heavy atom. The molecular weight excluding hydrogens is 512 g/mol. The number of ether oxygens (including phenoxy) is 3. The molecule has 9 heteroatoms. The number of esters is 1. The first-order valence-corrected chi connectivity index (χ1v) is 13.4. The Bertz CT molecular complexity index is 1080. The van der Waals surface area contributed by atoms with E-state index < -0.39 is 6.04 Å². The van der Waals surface area contributed by atoms with Gasteiger partial charge in [-0.3, -0.25) is 0 Å². The van der Waals surface area contributed by atoms with Crippen LogP contribution in [0, 0.1) is 5.92 Å². The molecule has 1 aliphatic carbocycles. The van der Waals surface area contributed by atoms with Gasteiger partial charge in [-0.15, -0.1) is 0 Å². The third-order valence-electron chi connectivity index (χ3n) is 6.43. The molecule has 1 atom stereocenters. The lowest BCUT2D eigenvalue weighted by atomic mass is 9.94. The molecule has 1 unspecified atom stereocenters. The van der Waals surface area contributed by atoms with Gasteiger partial charge in [-0.1, -0.05) is 20.3 Å². The van der Waals surface area contributed by atoms with Crippen molar-refractivity contribution in [3.63, 3.8) is 0 Å². The molecule has 2 aromatic rings. The number of halogens is 1. The van der Waals surface area contributed by atoms with E-state index in [1.807, 2.05) is 26.0 Å². The van der Waals surface area contributed by atoms with Crippen LogP contribution in [-0.4, -0.2) is 40.1 Å². The summed E-state index contributed by atoms with van der Waals surface area (Å²) in [6, 6.07) is 3.39. The molecule has 2 heterocycles. The minimum absolute atomic E-state index is 0.0446. The molecule has 8 nitrogen and oxygen atoms in total. The van der Waals surface area contributed by atoms with Crippen molar-refractivity contribution < 1.29 is 19.0 Å². The van der Waals surface area contributed by atoms with Crippen molar-refractivity contribution in [2.45, 2.75) is 78.4 Å². The Morgan fingerprint density at radius 2 is 2.00 bits per heavy atom. The van der Waals surface area contributed by atoms with Crippen molar-refractivity contribution in [3.8, 4) is 11.5 Å². The van der Waals surface area contributed by atoms with E-state index in [-0.39, 0.29) is 12.1 Å². The number of carbonyl (C=O) groups is 1. The van der Waals surface area contributed by atoms with Crippen molar-refractivity contribution in [1.82, 2.24) is 14.8 Å². The van der Waals surface area contributed by atoms with E-state index in [4.69, 9.17) is 14.2 Å². The molecular formula is C26H35BrN4O4. The lowest BCUT2D eigenvalue weighted by Crippen LogP contribution is -2.32. The fraction of sp³-hybridized carbons (Fsp3) is 0.577. The van der Waals surface area contributed by atoms with Crippen LogP contribution in [0.25, 0.3) is 0 Å². The SMILES string of the molecule is CCOc1cc(C2C(C(=O)OC3CCCCC3)=C(C)Nc3ncnn32)cc(Br)c1OCCC(C)C. The molecule has 1 aromatic heterocycles. The maximum Gasteiger partial charge on any atom is 0.338 e. The van der Waals surface area contributed by atoms with Crippen molar-refractivity contribution >= 4 is 27.8 Å². The Morgan fingerprint density at radius 3 is 2.71 bits per heavy atom. The van der Waals surface area contributed by atoms with Crippen molar-refractivity contribution in [3.05, 3.63) is 39.8 Å². The van der Waals surface area contributed by atoms with E-state index in [9.17, 15) is 4.79 Å². The van der Waals surface area contributed by atoms with Crippen molar-refractivity contribution in [2.24, 2.45) is 5.92 Å². The van der Waals surface area contributed by atoms with Gasteiger partial charge in [0.15, 0.2) is 11.5 Å². The highest BCUT2D eigenvalue weighted by Gasteiger charge is 2.36. The summed E-state index contributed by atoms with van der Waals surface area (Å²) in [7, 11) is 0. The number of nitrogens with one attached hydrogen (secondary N) is 1. The second-order valence-electron chi connectivity index (χ2n) is 9.55. The zero-order valence-electron chi connectivity index (χ0n) is 21.0. The van der Waals surface area contributed by atoms with Gasteiger partial charge < -0.3 is 19.5 Å². The molecule has 0 spiro atoms. The zero-order chi connectivity index (χ0) is 24.9. The number of allylic oxidation sites excluding steroid dienone is 1. The Hall–Kier alpha value is -2.55. The van der Waals surface area contributed by atoms with Crippen LogP contribution in [-0.2, 0) is 9.53 Å². The number of anilines is 1. The molecule has 4 rings (SSSR count). The molecule has 190 valence electrons. The molecule has 0 saturated heterocycles. The first kappa shape index (κ1) is 25.5. The second kappa shape index (κ2) is 11.5. The monoisotopic (exact) mass is 546 g/mol. The Balaban J connectivity index is 1.71. The molecule has 1 N–H and O–H groups in total. The summed E-state index contributed by atoms with van der Waals surface area (Å²) >= 11 is 3.69. The van der Waals surface area contributed by atoms with Crippen LogP contribution in [0.15, 0.2) is 34.2 Å². The van der Waals surface area contributed by atoms with Gasteiger partial charge in [0.25, 0.3) is 0 Å². The summed E-state index contributed by atoms with van der Waals surface area (Å²) in [5.41, 5.74) is 2.07. The molecule has 0 amide bonds. The number of hydrogen-bond donors (Lipinski definition) is 1. The molecule has 2 aliphatic rings. The lowest BCUT2D eigenvalue weighted by molar-refractivity contribution is -0.146. The molecule has 1 fully saturated rings. The van der Waals surface area contributed by atoms with Gasteiger partial charge in [0.2, 0.25) is 5.95 Å². The van der Waals surface area contributed by atoms with Gasteiger partial charge in [-0.2, -0.15) is 10.1 Å². The quantitative estimate of drug-likeness (QED) is 0.384. The standard InChI is InChI=1S/C26H35BrN4O4/c1-5-33-21-14-18(13-20(27)24(21)34-12-11-16(2)3)23-22(17(4)30-26-28-15-29-31(23)26)25(32)35-19-9-7-6-8-10-19/h13-16,19,23H,5-12H2,1-4H3,(H,28,29,30). The number of nitrogens with zero attached hydrogens (tertiary/aromatic N) is 3. The van der Waals surface area contributed by atoms with Gasteiger partial charge in [-0.25, -0.2) is 9.48 Å². The predicted molar refractivity (Wildman–Crippen MR) is 138 cm³/mol. The van der Waals surface area contributed by atoms with Crippen molar-refractivity contribution in [1.29, 1.82) is 0 Å². The summed E-state index contributed by atoms with van der Waals surface area (Å²) in [5.74, 6) is 2.08. The normalized spacial score (nSPS) is 18.3. The highest BCUT2D eigenvalue weighted by atomic mass is 79.9. The van der Waals surface area contributed by atoms with Gasteiger partial charge >= 0.3 is 5.97 Å². The number of fused-ring (bicyclic) bond motifs is 1. The summed E-state index contributed by atoms with van der Waals surface area (Å²) in [5, 5.41) is 7.65. The fourth-order valence-electron chi connectivity index (χ4n) is 4.61. The van der Waals surface area contributed by atoms with E-state index in [1.54, 1.807) is 4.68 Å². The molecule has 1 aliphatic heterocycles. The number of rotatable bonds is 9. The zero-order valence-corrected chi connectivity index (χ0v) is 22.6. The summed E-state index contributed by atoms with van der Waals surface area (Å²) in [6.07, 6.45) is 7.58. The van der Waals surface area contributed by atoms with Gasteiger partial charge in [0.1, 0.15) is 18.5 Å². The molecule has 1 saturated carbocycles. The molecule has 0 bridgehead atoms. The van der Waals surface area contributed by atoms with Gasteiger partial charge in [-0.05, 0) is 85.5 Å². The van der Waals surface area contributed by atoms with Crippen LogP contribution in [0.1, 0.15) is 77.8 Å². The predicted octanol–water partition coefficient (Wildman–Crippen LogP) is 6.03. The number of carbonyl (C=O) groups excluding carboxylic acids is 1. The summed E-state index contributed by atoms with van der Waals surface area (Å²) in [6.45, 7) is 9.23. The average Bonchev–Trinajstić information content (AvgIpc) is 3.28. The van der Waals surface area contributed by atoms with E-state index in [2.05, 4.69) is 45.2 Å². The topological polar surface area (TPSA) is 87.5 Å². The Labute approximate surface area is 215 Å².